The maximum Gasteiger partial charge on any atom is 0.188 e. The molecule has 0 aliphatic heterocycles. The second-order valence-electron chi connectivity index (χ2n) is 4.87. The van der Waals surface area contributed by atoms with Gasteiger partial charge in [-0.15, -0.1) is 0 Å². The lowest BCUT2D eigenvalue weighted by molar-refractivity contribution is 0.0434. The topological polar surface area (TPSA) is 57.2 Å². The van der Waals surface area contributed by atoms with E-state index in [1.807, 2.05) is 25.1 Å². The molecule has 0 heterocycles. The van der Waals surface area contributed by atoms with Gasteiger partial charge in [-0.1, -0.05) is 19.1 Å². The van der Waals surface area contributed by atoms with Crippen molar-refractivity contribution in [1.82, 2.24) is 0 Å². The fourth-order valence-electron chi connectivity index (χ4n) is 2.47. The molecule has 116 valence electrons. The smallest absolute Gasteiger partial charge is 0.188 e. The lowest BCUT2D eigenvalue weighted by atomic mass is 9.84. The molecule has 0 radical (unpaired) electrons. The highest BCUT2D eigenvalue weighted by Crippen LogP contribution is 2.43. The molecule has 1 aromatic carbocycles. The predicted octanol–water partition coefficient (Wildman–Crippen LogP) is 2.74. The van der Waals surface area contributed by atoms with Gasteiger partial charge < -0.3 is 24.1 Å². The first-order valence-electron chi connectivity index (χ1n) is 6.99. The summed E-state index contributed by atoms with van der Waals surface area (Å²) in [5.41, 5.74) is 1.58. The number of hydrogen-bond acceptors (Lipinski definition) is 5. The summed E-state index contributed by atoms with van der Waals surface area (Å²) in [6.45, 7) is 2.34. The highest BCUT2D eigenvalue weighted by atomic mass is 16.7. The molecular weight excluding hydrogens is 272 g/mol. The molecular formula is C16H22O5. The van der Waals surface area contributed by atoms with Crippen LogP contribution in [0, 0.1) is 5.92 Å². The summed E-state index contributed by atoms with van der Waals surface area (Å²) in [5, 5.41) is 10.6. The van der Waals surface area contributed by atoms with Gasteiger partial charge >= 0.3 is 0 Å². The summed E-state index contributed by atoms with van der Waals surface area (Å²) in [4.78, 5) is 0. The fraction of sp³-hybridized carbons (Fsp3) is 0.500. The molecule has 1 aromatic rings. The maximum absolute atomic E-state index is 10.6. The number of hydrogen-bond donors (Lipinski definition) is 1. The minimum absolute atomic E-state index is 0.0695. The Morgan fingerprint density at radius 3 is 2.29 bits per heavy atom. The van der Waals surface area contributed by atoms with Gasteiger partial charge in [-0.05, 0) is 18.6 Å². The Balaban J connectivity index is 2.41. The number of ether oxygens (including phenoxy) is 4. The third kappa shape index (κ3) is 3.37. The van der Waals surface area contributed by atoms with E-state index in [-0.39, 0.29) is 19.5 Å². The lowest BCUT2D eigenvalue weighted by Gasteiger charge is -2.28. The normalized spacial score (nSPS) is 20.2. The molecule has 0 saturated heterocycles. The second kappa shape index (κ2) is 7.45. The Morgan fingerprint density at radius 1 is 1.05 bits per heavy atom. The molecule has 0 unspecified atom stereocenters. The van der Waals surface area contributed by atoms with Gasteiger partial charge in [0.15, 0.2) is 13.6 Å². The first-order chi connectivity index (χ1) is 10.2. The van der Waals surface area contributed by atoms with Gasteiger partial charge in [-0.25, -0.2) is 0 Å². The van der Waals surface area contributed by atoms with E-state index in [4.69, 9.17) is 18.9 Å². The molecule has 5 nitrogen and oxygen atoms in total. The summed E-state index contributed by atoms with van der Waals surface area (Å²) in [6.07, 6.45) is 4.21. The third-order valence-corrected chi connectivity index (χ3v) is 3.55. The van der Waals surface area contributed by atoms with Crippen molar-refractivity contribution in [1.29, 1.82) is 0 Å². The average molecular weight is 294 g/mol. The van der Waals surface area contributed by atoms with Crippen LogP contribution in [0.2, 0.25) is 0 Å². The summed E-state index contributed by atoms with van der Waals surface area (Å²) >= 11 is 0. The van der Waals surface area contributed by atoms with Gasteiger partial charge in [0, 0.05) is 31.3 Å². The number of fused-ring (bicyclic) bond motifs is 1. The number of aliphatic hydroxyl groups excluding tert-OH is 1. The molecule has 1 aliphatic rings. The minimum Gasteiger partial charge on any atom is -0.467 e. The summed E-state index contributed by atoms with van der Waals surface area (Å²) in [7, 11) is 3.13. The van der Waals surface area contributed by atoms with Crippen LogP contribution >= 0.6 is 0 Å². The quantitative estimate of drug-likeness (QED) is 0.784. The number of benzene rings is 1. The fourth-order valence-corrected chi connectivity index (χ4v) is 2.47. The highest BCUT2D eigenvalue weighted by molar-refractivity contribution is 5.68. The molecule has 0 spiro atoms. The van der Waals surface area contributed by atoms with Crippen LogP contribution in [0.1, 0.15) is 30.6 Å². The zero-order chi connectivity index (χ0) is 15.2. The van der Waals surface area contributed by atoms with E-state index in [0.717, 1.165) is 17.5 Å². The SMILES string of the molecule is CC[C@H]1C=Cc2c(OCOC)ccc(OCOC)c2[C@H]1O. The van der Waals surface area contributed by atoms with Gasteiger partial charge in [0.05, 0.1) is 6.10 Å². The largest absolute Gasteiger partial charge is 0.467 e. The molecule has 21 heavy (non-hydrogen) atoms. The van der Waals surface area contributed by atoms with Crippen LogP contribution in [0.15, 0.2) is 18.2 Å². The Hall–Kier alpha value is -1.56. The average Bonchev–Trinajstić information content (AvgIpc) is 2.51. The zero-order valence-electron chi connectivity index (χ0n) is 12.7. The van der Waals surface area contributed by atoms with Crippen molar-refractivity contribution in [2.24, 2.45) is 5.92 Å². The van der Waals surface area contributed by atoms with Gasteiger partial charge in [-0.2, -0.15) is 0 Å². The Morgan fingerprint density at radius 2 is 1.67 bits per heavy atom. The van der Waals surface area contributed by atoms with Crippen molar-refractivity contribution >= 4 is 6.08 Å². The molecule has 2 atom stereocenters. The van der Waals surface area contributed by atoms with Crippen molar-refractivity contribution < 1.29 is 24.1 Å². The summed E-state index contributed by atoms with van der Waals surface area (Å²) in [6, 6.07) is 3.60. The molecule has 0 aromatic heterocycles. The van der Waals surface area contributed by atoms with Crippen molar-refractivity contribution in [3.63, 3.8) is 0 Å². The monoisotopic (exact) mass is 294 g/mol. The van der Waals surface area contributed by atoms with E-state index in [0.29, 0.717) is 11.5 Å². The number of aliphatic hydroxyl groups is 1. The van der Waals surface area contributed by atoms with Crippen molar-refractivity contribution in [3.05, 3.63) is 29.3 Å². The van der Waals surface area contributed by atoms with Crippen LogP contribution in [0.3, 0.4) is 0 Å². The molecule has 1 N–H and O–H groups in total. The molecule has 2 rings (SSSR count). The zero-order valence-corrected chi connectivity index (χ0v) is 12.7. The van der Waals surface area contributed by atoms with E-state index in [9.17, 15) is 5.11 Å². The van der Waals surface area contributed by atoms with E-state index < -0.39 is 6.10 Å². The molecule has 0 saturated carbocycles. The Labute approximate surface area is 125 Å². The summed E-state index contributed by atoms with van der Waals surface area (Å²) in [5.74, 6) is 1.36. The van der Waals surface area contributed by atoms with E-state index in [1.54, 1.807) is 20.3 Å². The van der Waals surface area contributed by atoms with Gasteiger partial charge in [-0.3, -0.25) is 0 Å². The van der Waals surface area contributed by atoms with Crippen molar-refractivity contribution in [3.8, 4) is 11.5 Å². The van der Waals surface area contributed by atoms with Crippen LogP contribution in [0.4, 0.5) is 0 Å². The van der Waals surface area contributed by atoms with Crippen LogP contribution in [0.5, 0.6) is 11.5 Å². The minimum atomic E-state index is -0.618. The molecule has 1 aliphatic carbocycles. The van der Waals surface area contributed by atoms with Crippen LogP contribution in [-0.2, 0) is 9.47 Å². The molecule has 5 heteroatoms. The lowest BCUT2D eigenvalue weighted by Crippen LogP contribution is -2.17. The standard InChI is InChI=1S/C16H22O5/c1-4-11-5-6-12-13(20-9-18-2)7-8-14(21-10-19-3)15(12)16(11)17/h5-8,11,16-17H,4,9-10H2,1-3H3/t11-,16-/m0/s1. The number of rotatable bonds is 7. The second-order valence-corrected chi connectivity index (χ2v) is 4.87. The summed E-state index contributed by atoms with van der Waals surface area (Å²) < 4.78 is 21.0. The Kier molecular flexibility index (Phi) is 5.61. The predicted molar refractivity (Wildman–Crippen MR) is 79.2 cm³/mol. The first-order valence-corrected chi connectivity index (χ1v) is 6.99. The van der Waals surface area contributed by atoms with E-state index >= 15 is 0 Å². The molecule has 0 amide bonds. The van der Waals surface area contributed by atoms with Crippen LogP contribution in [-0.4, -0.2) is 32.9 Å². The first kappa shape index (κ1) is 15.8. The third-order valence-electron chi connectivity index (χ3n) is 3.55. The van der Waals surface area contributed by atoms with Crippen LogP contribution < -0.4 is 9.47 Å². The van der Waals surface area contributed by atoms with Gasteiger partial charge in [0.25, 0.3) is 0 Å². The molecule has 0 bridgehead atoms. The van der Waals surface area contributed by atoms with Crippen molar-refractivity contribution in [2.75, 3.05) is 27.8 Å². The maximum atomic E-state index is 10.6. The van der Waals surface area contributed by atoms with Crippen molar-refractivity contribution in [2.45, 2.75) is 19.4 Å². The Bertz CT molecular complexity index is 498. The number of methoxy groups -OCH3 is 2. The highest BCUT2D eigenvalue weighted by Gasteiger charge is 2.28. The van der Waals surface area contributed by atoms with Gasteiger partial charge in [0.2, 0.25) is 0 Å². The van der Waals surface area contributed by atoms with Crippen LogP contribution in [0.25, 0.3) is 6.08 Å². The van der Waals surface area contributed by atoms with Gasteiger partial charge in [0.1, 0.15) is 11.5 Å². The molecule has 0 fully saturated rings. The van der Waals surface area contributed by atoms with E-state index in [1.165, 1.54) is 0 Å². The van der Waals surface area contributed by atoms with E-state index in [2.05, 4.69) is 0 Å².